The lowest BCUT2D eigenvalue weighted by atomic mass is 10.1. The van der Waals surface area contributed by atoms with Crippen molar-refractivity contribution in [3.05, 3.63) is 54.1 Å². The average molecular weight is 396 g/mol. The molecule has 11 heteroatoms. The second-order valence-electron chi connectivity index (χ2n) is 5.79. The summed E-state index contributed by atoms with van der Waals surface area (Å²) in [4.78, 5) is 26.1. The highest BCUT2D eigenvalue weighted by atomic mass is 32.2. The van der Waals surface area contributed by atoms with Gasteiger partial charge in [0.25, 0.3) is 5.91 Å². The van der Waals surface area contributed by atoms with Gasteiger partial charge in [-0.2, -0.15) is 0 Å². The molecule has 10 nitrogen and oxygen atoms in total. The fourth-order valence-corrected chi connectivity index (χ4v) is 3.83. The van der Waals surface area contributed by atoms with Crippen molar-refractivity contribution in [1.29, 1.82) is 0 Å². The number of hydrazine groups is 3. The van der Waals surface area contributed by atoms with Gasteiger partial charge in [0.05, 0.1) is 17.1 Å². The van der Waals surface area contributed by atoms with E-state index in [1.807, 2.05) is 53.3 Å². The number of nitrogens with one attached hydrogen (secondary N) is 4. The summed E-state index contributed by atoms with van der Waals surface area (Å²) in [6, 6.07) is 12.9. The predicted molar refractivity (Wildman–Crippen MR) is 106 cm³/mol. The lowest BCUT2D eigenvalue weighted by Crippen LogP contribution is -2.50. The fraction of sp³-hybridized carbons (Fsp3) is 0. The molecule has 0 aliphatic carbocycles. The monoisotopic (exact) mass is 396 g/mol. The van der Waals surface area contributed by atoms with Crippen molar-refractivity contribution < 1.29 is 9.59 Å². The van der Waals surface area contributed by atoms with E-state index in [4.69, 9.17) is 11.7 Å². The molecule has 0 aromatic heterocycles. The van der Waals surface area contributed by atoms with Crippen LogP contribution >= 0.6 is 11.8 Å². The van der Waals surface area contributed by atoms with Gasteiger partial charge in [0.1, 0.15) is 0 Å². The summed E-state index contributed by atoms with van der Waals surface area (Å²) >= 11 is 1.62. The number of para-hydroxylation sites is 2. The molecule has 2 aromatic carbocycles. The molecule has 4 rings (SSSR count). The number of benzene rings is 2. The molecule has 0 spiro atoms. The Balaban J connectivity index is 1.77. The van der Waals surface area contributed by atoms with E-state index in [-0.39, 0.29) is 5.71 Å². The normalized spacial score (nSPS) is 14.4. The molecule has 0 fully saturated rings. The molecule has 28 heavy (non-hydrogen) atoms. The highest BCUT2D eigenvalue weighted by Crippen LogP contribution is 2.46. The zero-order valence-electron chi connectivity index (χ0n) is 14.4. The first-order chi connectivity index (χ1) is 13.6. The highest BCUT2D eigenvalue weighted by Gasteiger charge is 2.26. The van der Waals surface area contributed by atoms with Gasteiger partial charge in [0, 0.05) is 15.4 Å². The number of carbonyl (C=O) groups excluding carboxylic acids is 2. The van der Waals surface area contributed by atoms with Gasteiger partial charge in [-0.1, -0.05) is 36.0 Å². The molecule has 0 radical (unpaired) electrons. The molecule has 142 valence electrons. The molecule has 0 bridgehead atoms. The Bertz CT molecular complexity index is 1040. The Morgan fingerprint density at radius 2 is 1.82 bits per heavy atom. The summed E-state index contributed by atoms with van der Waals surface area (Å²) in [7, 11) is 0. The summed E-state index contributed by atoms with van der Waals surface area (Å²) in [5, 5.41) is 8.15. The second-order valence-corrected chi connectivity index (χ2v) is 6.88. The minimum Gasteiger partial charge on any atom is -0.353 e. The van der Waals surface area contributed by atoms with Gasteiger partial charge in [-0.25, -0.2) is 16.5 Å². The summed E-state index contributed by atoms with van der Waals surface area (Å²) in [5.74, 6) is 9.76. The molecule has 0 saturated heterocycles. The third kappa shape index (κ3) is 3.13. The number of amides is 3. The molecular formula is C17H16N8O2S. The zero-order chi connectivity index (χ0) is 19.7. The summed E-state index contributed by atoms with van der Waals surface area (Å²) in [6.07, 6.45) is 1.50. The first-order valence-electron chi connectivity index (χ1n) is 8.16. The van der Waals surface area contributed by atoms with Crippen LogP contribution in [0.3, 0.4) is 0 Å². The van der Waals surface area contributed by atoms with Gasteiger partial charge < -0.3 is 5.32 Å². The van der Waals surface area contributed by atoms with Crippen LogP contribution in [0.4, 0.5) is 16.2 Å². The van der Waals surface area contributed by atoms with Crippen LogP contribution in [-0.4, -0.2) is 22.8 Å². The maximum atomic E-state index is 12.0. The molecule has 2 aromatic rings. The number of anilines is 2. The fourth-order valence-electron chi connectivity index (χ4n) is 2.81. The van der Waals surface area contributed by atoms with Crippen molar-refractivity contribution >= 4 is 46.5 Å². The number of hydrazone groups is 1. The molecule has 0 saturated carbocycles. The highest BCUT2D eigenvalue weighted by molar-refractivity contribution is 7.99. The largest absolute Gasteiger partial charge is 0.371 e. The number of carbonyl (C=O) groups is 2. The second kappa shape index (κ2) is 7.23. The number of urea groups is 1. The Labute approximate surface area is 163 Å². The van der Waals surface area contributed by atoms with Crippen LogP contribution in [0.2, 0.25) is 0 Å². The van der Waals surface area contributed by atoms with E-state index in [0.717, 1.165) is 31.8 Å². The third-order valence-electron chi connectivity index (χ3n) is 4.08. The van der Waals surface area contributed by atoms with Crippen LogP contribution < -0.4 is 33.3 Å². The summed E-state index contributed by atoms with van der Waals surface area (Å²) in [5.41, 5.74) is 9.79. The van der Waals surface area contributed by atoms with Gasteiger partial charge in [-0.3, -0.25) is 21.1 Å². The Kier molecular flexibility index (Phi) is 4.61. The van der Waals surface area contributed by atoms with E-state index in [9.17, 15) is 9.59 Å². The van der Waals surface area contributed by atoms with Crippen LogP contribution in [0.15, 0.2) is 63.4 Å². The van der Waals surface area contributed by atoms with Gasteiger partial charge in [-0.05, 0) is 24.3 Å². The van der Waals surface area contributed by atoms with E-state index >= 15 is 0 Å². The van der Waals surface area contributed by atoms with Crippen LogP contribution in [0.25, 0.3) is 5.70 Å². The van der Waals surface area contributed by atoms with E-state index in [2.05, 4.69) is 15.8 Å². The molecule has 3 amide bonds. The minimum absolute atomic E-state index is 0.0543. The van der Waals surface area contributed by atoms with Crippen LogP contribution in [0.1, 0.15) is 5.56 Å². The molecule has 0 unspecified atom stereocenters. The van der Waals surface area contributed by atoms with E-state index in [0.29, 0.717) is 5.70 Å². The number of hydrogen-bond donors (Lipinski definition) is 6. The number of hydrogen-bond acceptors (Lipinski definition) is 8. The molecule has 2 heterocycles. The molecule has 8 N–H and O–H groups in total. The Hall–Kier alpha value is -3.54. The third-order valence-corrected chi connectivity index (χ3v) is 5.21. The van der Waals surface area contributed by atoms with Crippen LogP contribution in [0.5, 0.6) is 0 Å². The van der Waals surface area contributed by atoms with Crippen molar-refractivity contribution in [2.45, 2.75) is 9.79 Å². The molecular weight excluding hydrogens is 380 g/mol. The van der Waals surface area contributed by atoms with Crippen molar-refractivity contribution in [3.63, 3.8) is 0 Å². The summed E-state index contributed by atoms with van der Waals surface area (Å²) in [6.45, 7) is 0. The average Bonchev–Trinajstić information content (AvgIpc) is 2.75. The SMILES string of the molecule is NNC(=O)C1=NN(C(=O)NN)NC(c2cccc3c2Nc2ccccc2S3)=C1. The molecule has 0 atom stereocenters. The maximum absolute atomic E-state index is 12.0. The van der Waals surface area contributed by atoms with E-state index in [1.165, 1.54) is 6.08 Å². The topological polar surface area (TPSA) is 150 Å². The zero-order valence-corrected chi connectivity index (χ0v) is 15.2. The maximum Gasteiger partial charge on any atom is 0.371 e. The van der Waals surface area contributed by atoms with Crippen molar-refractivity contribution in [3.8, 4) is 0 Å². The number of nitrogens with zero attached hydrogens (tertiary/aromatic N) is 2. The van der Waals surface area contributed by atoms with Gasteiger partial charge in [0.2, 0.25) is 0 Å². The Morgan fingerprint density at radius 1 is 1.04 bits per heavy atom. The lowest BCUT2D eigenvalue weighted by Gasteiger charge is -2.28. The first-order valence-corrected chi connectivity index (χ1v) is 8.98. The van der Waals surface area contributed by atoms with Gasteiger partial charge in [-0.15, -0.1) is 10.2 Å². The number of rotatable bonds is 2. The summed E-state index contributed by atoms with van der Waals surface area (Å²) < 4.78 is 0. The molecule has 2 aliphatic rings. The lowest BCUT2D eigenvalue weighted by molar-refractivity contribution is -0.114. The van der Waals surface area contributed by atoms with Crippen molar-refractivity contribution in [1.82, 2.24) is 21.4 Å². The minimum atomic E-state index is -0.745. The number of nitrogens with two attached hydrogens (primary N) is 2. The van der Waals surface area contributed by atoms with Gasteiger partial charge >= 0.3 is 6.03 Å². The Morgan fingerprint density at radius 3 is 2.61 bits per heavy atom. The van der Waals surface area contributed by atoms with Crippen molar-refractivity contribution in [2.75, 3.05) is 5.32 Å². The smallest absolute Gasteiger partial charge is 0.353 e. The first kappa shape index (κ1) is 17.9. The van der Waals surface area contributed by atoms with E-state index < -0.39 is 11.9 Å². The van der Waals surface area contributed by atoms with Crippen LogP contribution in [0, 0.1) is 0 Å². The standard InChI is InChI=1S/C17H16N8O2S/c18-21-16(26)12-8-11(23-25(24-12)17(27)22-19)9-4-3-7-14-15(9)20-10-5-1-2-6-13(10)28-14/h1-8,20,23H,18-19H2,(H,21,26)(H,22,27). The molecule has 2 aliphatic heterocycles. The van der Waals surface area contributed by atoms with Crippen LogP contribution in [-0.2, 0) is 4.79 Å². The number of fused-ring (bicyclic) bond motifs is 2. The van der Waals surface area contributed by atoms with Gasteiger partial charge in [0.15, 0.2) is 5.71 Å². The quantitative estimate of drug-likeness (QED) is 0.215. The van der Waals surface area contributed by atoms with Crippen molar-refractivity contribution in [2.24, 2.45) is 16.8 Å². The predicted octanol–water partition coefficient (Wildman–Crippen LogP) is 0.985. The van der Waals surface area contributed by atoms with E-state index in [1.54, 1.807) is 11.8 Å².